The molecule has 0 spiro atoms. The largest absolute Gasteiger partial charge is 2.00 e. The molecule has 0 fully saturated rings. The summed E-state index contributed by atoms with van der Waals surface area (Å²) in [5, 5.41) is 4.45. The first-order valence-corrected chi connectivity index (χ1v) is 8.82. The van der Waals surface area contributed by atoms with E-state index < -0.39 is 0 Å². The zero-order valence-corrected chi connectivity index (χ0v) is 18.4. The van der Waals surface area contributed by atoms with Gasteiger partial charge in [0.05, 0.1) is 5.82 Å². The first kappa shape index (κ1) is 21.7. The van der Waals surface area contributed by atoms with Crippen LogP contribution in [0, 0.1) is 12.3 Å². The number of pyridine rings is 2. The monoisotopic (exact) mass is 549 g/mol. The molecule has 3 aromatic heterocycles. The Morgan fingerprint density at radius 1 is 0.857 bits per heavy atom. The molecule has 0 saturated heterocycles. The third-order valence-electron chi connectivity index (χ3n) is 3.82. The molecule has 0 amide bonds. The van der Waals surface area contributed by atoms with E-state index in [1.54, 1.807) is 17.1 Å². The van der Waals surface area contributed by atoms with Gasteiger partial charge in [-0.05, 0) is 28.9 Å². The Kier molecular flexibility index (Phi) is 7.83. The molecule has 0 N–H and O–H groups in total. The smallest absolute Gasteiger partial charge is 0.343 e. The minimum atomic E-state index is 0. The zero-order valence-electron chi connectivity index (χ0n) is 16.1. The fraction of sp³-hybridized carbons (Fsp3) is 0.174. The van der Waals surface area contributed by atoms with E-state index in [1.165, 1.54) is 0 Å². The Morgan fingerprint density at radius 3 is 2.11 bits per heavy atom. The fourth-order valence-electron chi connectivity index (χ4n) is 2.33. The fourth-order valence-corrected chi connectivity index (χ4v) is 2.33. The van der Waals surface area contributed by atoms with Gasteiger partial charge >= 0.3 is 21.1 Å². The minimum Gasteiger partial charge on any atom is -0.343 e. The second-order valence-electron chi connectivity index (χ2n) is 7.00. The number of nitrogens with zero attached hydrogens (tertiary/aromatic N) is 4. The molecule has 1 aromatic carbocycles. The van der Waals surface area contributed by atoms with Crippen LogP contribution in [0.15, 0.2) is 79.1 Å². The van der Waals surface area contributed by atoms with E-state index in [9.17, 15) is 0 Å². The summed E-state index contributed by atoms with van der Waals surface area (Å²) in [6.07, 6.45) is 6.61. The van der Waals surface area contributed by atoms with Gasteiger partial charge < -0.3 is 14.6 Å². The topological polar surface area (TPSA) is 43.6 Å². The van der Waals surface area contributed by atoms with E-state index >= 15 is 0 Å². The van der Waals surface area contributed by atoms with Gasteiger partial charge in [0, 0.05) is 12.4 Å². The predicted octanol–water partition coefficient (Wildman–Crippen LogP) is 4.91. The number of hydrogen-bond acceptors (Lipinski definition) is 3. The number of rotatable bonds is 2. The van der Waals surface area contributed by atoms with E-state index in [2.05, 4.69) is 48.1 Å². The van der Waals surface area contributed by atoms with Crippen LogP contribution >= 0.6 is 0 Å². The van der Waals surface area contributed by atoms with Crippen molar-refractivity contribution in [1.82, 2.24) is 19.7 Å². The van der Waals surface area contributed by atoms with Gasteiger partial charge in [-0.1, -0.05) is 51.2 Å². The summed E-state index contributed by atoms with van der Waals surface area (Å²) in [6.45, 7) is 6.39. The molecule has 5 heteroatoms. The summed E-state index contributed by atoms with van der Waals surface area (Å²) in [4.78, 5) is 8.43. The van der Waals surface area contributed by atoms with E-state index in [4.69, 9.17) is 0 Å². The van der Waals surface area contributed by atoms with Gasteiger partial charge in [-0.2, -0.15) is 0 Å². The van der Waals surface area contributed by atoms with E-state index in [0.29, 0.717) is 0 Å². The second-order valence-corrected chi connectivity index (χ2v) is 7.00. The molecule has 144 valence electrons. The van der Waals surface area contributed by atoms with Gasteiger partial charge in [-0.25, -0.2) is 0 Å². The summed E-state index contributed by atoms with van der Waals surface area (Å²) in [5.41, 5.74) is 3.08. The zero-order chi connectivity index (χ0) is 19.1. The summed E-state index contributed by atoms with van der Waals surface area (Å²) in [6, 6.07) is 24.5. The minimum absolute atomic E-state index is 0. The van der Waals surface area contributed by atoms with Crippen LogP contribution in [0.5, 0.6) is 0 Å². The molecule has 0 aliphatic rings. The van der Waals surface area contributed by atoms with Gasteiger partial charge in [0.25, 0.3) is 0 Å². The Labute approximate surface area is 181 Å². The number of aromatic nitrogens is 4. The van der Waals surface area contributed by atoms with Gasteiger partial charge in [0.15, 0.2) is 0 Å². The van der Waals surface area contributed by atoms with Crippen molar-refractivity contribution in [2.24, 2.45) is 0 Å². The van der Waals surface area contributed by atoms with Crippen molar-refractivity contribution in [2.45, 2.75) is 26.2 Å². The summed E-state index contributed by atoms with van der Waals surface area (Å²) in [7, 11) is 0. The van der Waals surface area contributed by atoms with Gasteiger partial charge in [0.1, 0.15) is 0 Å². The quantitative estimate of drug-likeness (QED) is 0.334. The second kappa shape index (κ2) is 10.1. The maximum atomic E-state index is 4.45. The molecule has 4 nitrogen and oxygen atoms in total. The standard InChI is InChI=1S/C12H14N3.C11H8N.Pt/c1-12(2,3)10-7-9-15(14-10)11-6-4-5-8-13-11;1-2-6-10(7-3-1)11-8-4-5-9-12-11;/h4-8H,1-3H3;1-6,8-9H;/q2*-1;+2. The first-order valence-electron chi connectivity index (χ1n) is 8.82. The van der Waals surface area contributed by atoms with Gasteiger partial charge in [-0.3, -0.25) is 5.10 Å². The molecule has 3 heterocycles. The summed E-state index contributed by atoms with van der Waals surface area (Å²) < 4.78 is 1.68. The van der Waals surface area contributed by atoms with Gasteiger partial charge in [-0.15, -0.1) is 42.0 Å². The summed E-state index contributed by atoms with van der Waals surface area (Å²) in [5.74, 6) is 0.799. The molecule has 0 aliphatic heterocycles. The van der Waals surface area contributed by atoms with Crippen molar-refractivity contribution in [3.8, 4) is 17.1 Å². The third kappa shape index (κ3) is 5.97. The average Bonchev–Trinajstić information content (AvgIpc) is 3.22. The number of benzene rings is 1. The van der Waals surface area contributed by atoms with Crippen LogP contribution in [0.25, 0.3) is 17.1 Å². The molecule has 0 unspecified atom stereocenters. The molecule has 0 saturated carbocycles. The Balaban J connectivity index is 0.000000198. The van der Waals surface area contributed by atoms with Crippen LogP contribution in [0.2, 0.25) is 0 Å². The molecular formula is C23H22N4Pt. The maximum Gasteiger partial charge on any atom is 2.00 e. The van der Waals surface area contributed by atoms with Crippen LogP contribution in [-0.2, 0) is 26.5 Å². The molecule has 0 radical (unpaired) electrons. The van der Waals surface area contributed by atoms with Crippen LogP contribution in [0.1, 0.15) is 26.5 Å². The van der Waals surface area contributed by atoms with Crippen molar-refractivity contribution in [1.29, 1.82) is 0 Å². The van der Waals surface area contributed by atoms with Crippen LogP contribution < -0.4 is 0 Å². The maximum absolute atomic E-state index is 4.45. The normalized spacial score (nSPS) is 10.4. The van der Waals surface area contributed by atoms with Crippen LogP contribution in [0.4, 0.5) is 0 Å². The Bertz CT molecular complexity index is 909. The van der Waals surface area contributed by atoms with Gasteiger partial charge in [0.2, 0.25) is 0 Å². The third-order valence-corrected chi connectivity index (χ3v) is 3.82. The Hall–Kier alpha value is -2.58. The summed E-state index contributed by atoms with van der Waals surface area (Å²) >= 11 is 0. The SMILES string of the molecule is CC(C)(C)c1c[c-]n(-c2ccccn2)n1.[Pt+2].[c-]1ccccc1-c1ccccn1. The van der Waals surface area contributed by atoms with Crippen molar-refractivity contribution in [3.05, 3.63) is 97.1 Å². The molecule has 4 rings (SSSR count). The molecule has 0 bridgehead atoms. The molecule has 0 atom stereocenters. The average molecular weight is 550 g/mol. The molecular weight excluding hydrogens is 527 g/mol. The van der Waals surface area contributed by atoms with Crippen molar-refractivity contribution >= 4 is 0 Å². The first-order chi connectivity index (χ1) is 13.0. The Morgan fingerprint density at radius 2 is 1.57 bits per heavy atom. The van der Waals surface area contributed by atoms with Crippen molar-refractivity contribution < 1.29 is 21.1 Å². The van der Waals surface area contributed by atoms with Crippen molar-refractivity contribution in [2.75, 3.05) is 0 Å². The van der Waals surface area contributed by atoms with E-state index in [1.807, 2.05) is 66.7 Å². The van der Waals surface area contributed by atoms with Crippen LogP contribution in [-0.4, -0.2) is 19.7 Å². The number of hydrogen-bond donors (Lipinski definition) is 0. The van der Waals surface area contributed by atoms with E-state index in [0.717, 1.165) is 22.8 Å². The molecule has 28 heavy (non-hydrogen) atoms. The van der Waals surface area contributed by atoms with Crippen LogP contribution in [0.3, 0.4) is 0 Å². The van der Waals surface area contributed by atoms with Crippen molar-refractivity contribution in [3.63, 3.8) is 0 Å². The molecule has 4 aromatic rings. The molecule has 0 aliphatic carbocycles. The predicted molar refractivity (Wildman–Crippen MR) is 107 cm³/mol. The van der Waals surface area contributed by atoms with E-state index in [-0.39, 0.29) is 26.5 Å².